The molecular weight excluding hydrogens is 144 g/mol. The molecule has 10 heavy (non-hydrogen) atoms. The van der Waals surface area contributed by atoms with Crippen LogP contribution < -0.4 is 0 Å². The van der Waals surface area contributed by atoms with E-state index in [-0.39, 0.29) is 0 Å². The van der Waals surface area contributed by atoms with Crippen LogP contribution >= 0.6 is 11.6 Å². The molecule has 0 aromatic rings. The van der Waals surface area contributed by atoms with Crippen molar-refractivity contribution in [3.63, 3.8) is 0 Å². The van der Waals surface area contributed by atoms with Gasteiger partial charge in [0.25, 0.3) is 0 Å². The third-order valence-corrected chi connectivity index (χ3v) is 3.26. The summed E-state index contributed by atoms with van der Waals surface area (Å²) < 4.78 is 0. The van der Waals surface area contributed by atoms with Crippen molar-refractivity contribution in [1.29, 1.82) is 0 Å². The van der Waals surface area contributed by atoms with Gasteiger partial charge in [-0.1, -0.05) is 13.0 Å². The Balaban J connectivity index is 2.38. The second-order valence-corrected chi connectivity index (χ2v) is 3.69. The van der Waals surface area contributed by atoms with Gasteiger partial charge in [-0.25, -0.2) is 0 Å². The molecule has 1 aliphatic carbocycles. The van der Waals surface area contributed by atoms with Crippen molar-refractivity contribution >= 4 is 11.6 Å². The summed E-state index contributed by atoms with van der Waals surface area (Å²) in [7, 11) is 0. The van der Waals surface area contributed by atoms with Crippen molar-refractivity contribution in [3.05, 3.63) is 12.7 Å². The molecule has 0 aromatic heterocycles. The summed E-state index contributed by atoms with van der Waals surface area (Å²) >= 11 is 5.85. The zero-order chi connectivity index (χ0) is 7.61. The van der Waals surface area contributed by atoms with Gasteiger partial charge in [-0.2, -0.15) is 0 Å². The zero-order valence-corrected chi connectivity index (χ0v) is 7.32. The number of allylic oxidation sites excluding steroid dienone is 1. The van der Waals surface area contributed by atoms with Gasteiger partial charge >= 0.3 is 0 Å². The quantitative estimate of drug-likeness (QED) is 0.436. The first-order valence-electron chi connectivity index (χ1n) is 3.92. The monoisotopic (exact) mass is 158 g/mol. The lowest BCUT2D eigenvalue weighted by Gasteiger charge is -2.18. The van der Waals surface area contributed by atoms with Gasteiger partial charge in [0.2, 0.25) is 0 Å². The first-order chi connectivity index (χ1) is 4.75. The Hall–Kier alpha value is 0.0300. The molecule has 0 spiro atoms. The molecule has 0 aliphatic heterocycles. The Morgan fingerprint density at radius 3 is 2.60 bits per heavy atom. The average molecular weight is 159 g/mol. The lowest BCUT2D eigenvalue weighted by molar-refractivity contribution is 0.373. The van der Waals surface area contributed by atoms with E-state index in [9.17, 15) is 0 Å². The fraction of sp³-hybridized carbons (Fsp3) is 0.778. The molecule has 0 nitrogen and oxygen atoms in total. The molecule has 0 heterocycles. The molecule has 0 N–H and O–H groups in total. The van der Waals surface area contributed by atoms with E-state index in [4.69, 9.17) is 11.6 Å². The van der Waals surface area contributed by atoms with Gasteiger partial charge in [-0.15, -0.1) is 18.2 Å². The minimum atomic E-state index is 0.496. The van der Waals surface area contributed by atoms with E-state index in [1.807, 2.05) is 6.08 Å². The molecule has 58 valence electrons. The van der Waals surface area contributed by atoms with Crippen LogP contribution in [-0.2, 0) is 0 Å². The molecule has 1 unspecified atom stereocenters. The van der Waals surface area contributed by atoms with Crippen LogP contribution in [0.15, 0.2) is 12.7 Å². The number of hydrogen-bond donors (Lipinski definition) is 0. The van der Waals surface area contributed by atoms with Crippen LogP contribution in [0.2, 0.25) is 0 Å². The van der Waals surface area contributed by atoms with E-state index in [1.165, 1.54) is 12.8 Å². The van der Waals surface area contributed by atoms with E-state index in [2.05, 4.69) is 13.5 Å². The van der Waals surface area contributed by atoms with Crippen LogP contribution in [-0.4, -0.2) is 5.88 Å². The highest BCUT2D eigenvalue weighted by Gasteiger charge is 2.45. The maximum atomic E-state index is 5.85. The van der Waals surface area contributed by atoms with Gasteiger partial charge in [0.05, 0.1) is 0 Å². The molecule has 1 aliphatic rings. The van der Waals surface area contributed by atoms with E-state index in [0.717, 1.165) is 18.2 Å². The Morgan fingerprint density at radius 2 is 2.30 bits per heavy atom. The van der Waals surface area contributed by atoms with E-state index < -0.39 is 0 Å². The van der Waals surface area contributed by atoms with E-state index >= 15 is 0 Å². The maximum absolute atomic E-state index is 5.85. The first kappa shape index (κ1) is 8.13. The summed E-state index contributed by atoms with van der Waals surface area (Å²) in [5.74, 6) is 1.57. The molecule has 1 rings (SSSR count). The zero-order valence-electron chi connectivity index (χ0n) is 6.57. The van der Waals surface area contributed by atoms with E-state index in [0.29, 0.717) is 5.41 Å². The normalized spacial score (nSPS) is 23.8. The third kappa shape index (κ3) is 1.37. The van der Waals surface area contributed by atoms with Crippen molar-refractivity contribution in [1.82, 2.24) is 0 Å². The average Bonchev–Trinajstić information content (AvgIpc) is 2.68. The van der Waals surface area contributed by atoms with Gasteiger partial charge in [0.1, 0.15) is 0 Å². The van der Waals surface area contributed by atoms with Crippen LogP contribution in [0.3, 0.4) is 0 Å². The molecule has 0 amide bonds. The standard InChI is InChI=1S/C9H15Cl/c1-3-4-8(2)9(7-10)5-6-9/h3,8H,1,4-7H2,2H3. The molecule has 0 aromatic carbocycles. The SMILES string of the molecule is C=CCC(C)C1(CCl)CC1. The summed E-state index contributed by atoms with van der Waals surface area (Å²) in [6, 6.07) is 0. The summed E-state index contributed by atoms with van der Waals surface area (Å²) in [4.78, 5) is 0. The summed E-state index contributed by atoms with van der Waals surface area (Å²) in [5.41, 5.74) is 0.496. The minimum Gasteiger partial charge on any atom is -0.126 e. The Morgan fingerprint density at radius 1 is 1.70 bits per heavy atom. The second kappa shape index (κ2) is 2.96. The maximum Gasteiger partial charge on any atom is 0.0282 e. The predicted molar refractivity (Wildman–Crippen MR) is 46.4 cm³/mol. The Kier molecular flexibility index (Phi) is 2.40. The molecule has 1 saturated carbocycles. The largest absolute Gasteiger partial charge is 0.126 e. The fourth-order valence-corrected chi connectivity index (χ4v) is 1.95. The molecule has 0 saturated heterocycles. The highest BCUT2D eigenvalue weighted by molar-refractivity contribution is 6.18. The third-order valence-electron chi connectivity index (χ3n) is 2.72. The van der Waals surface area contributed by atoms with Gasteiger partial charge in [0, 0.05) is 5.88 Å². The minimum absolute atomic E-state index is 0.496. The van der Waals surface area contributed by atoms with Crippen LogP contribution in [0, 0.1) is 11.3 Å². The molecule has 1 heteroatoms. The van der Waals surface area contributed by atoms with Crippen LogP contribution in [0.25, 0.3) is 0 Å². The lowest BCUT2D eigenvalue weighted by Crippen LogP contribution is -2.13. The topological polar surface area (TPSA) is 0 Å². The summed E-state index contributed by atoms with van der Waals surface area (Å²) in [6.07, 6.45) is 5.76. The predicted octanol–water partition coefficient (Wildman–Crippen LogP) is 3.22. The highest BCUT2D eigenvalue weighted by atomic mass is 35.5. The second-order valence-electron chi connectivity index (χ2n) is 3.42. The van der Waals surface area contributed by atoms with Crippen molar-refractivity contribution in [2.24, 2.45) is 11.3 Å². The number of alkyl halides is 1. The van der Waals surface area contributed by atoms with Crippen LogP contribution in [0.4, 0.5) is 0 Å². The lowest BCUT2D eigenvalue weighted by atomic mass is 9.90. The van der Waals surface area contributed by atoms with Gasteiger partial charge < -0.3 is 0 Å². The summed E-state index contributed by atoms with van der Waals surface area (Å²) in [5, 5.41) is 0. The van der Waals surface area contributed by atoms with Crippen LogP contribution in [0.5, 0.6) is 0 Å². The molecule has 0 radical (unpaired) electrons. The molecule has 0 bridgehead atoms. The number of hydrogen-bond acceptors (Lipinski definition) is 0. The van der Waals surface area contributed by atoms with E-state index in [1.54, 1.807) is 0 Å². The number of rotatable bonds is 4. The fourth-order valence-electron chi connectivity index (χ4n) is 1.42. The molecular formula is C9H15Cl. The molecule has 1 fully saturated rings. The first-order valence-corrected chi connectivity index (χ1v) is 4.45. The Bertz CT molecular complexity index is 125. The van der Waals surface area contributed by atoms with Gasteiger partial charge in [-0.3, -0.25) is 0 Å². The van der Waals surface area contributed by atoms with Crippen molar-refractivity contribution in [2.75, 3.05) is 5.88 Å². The van der Waals surface area contributed by atoms with Gasteiger partial charge in [0.15, 0.2) is 0 Å². The van der Waals surface area contributed by atoms with Crippen LogP contribution in [0.1, 0.15) is 26.2 Å². The van der Waals surface area contributed by atoms with Crippen molar-refractivity contribution in [2.45, 2.75) is 26.2 Å². The number of halogens is 1. The smallest absolute Gasteiger partial charge is 0.0282 e. The van der Waals surface area contributed by atoms with Gasteiger partial charge in [-0.05, 0) is 30.6 Å². The van der Waals surface area contributed by atoms with Crippen molar-refractivity contribution in [3.8, 4) is 0 Å². The Labute approximate surface area is 68.3 Å². The highest BCUT2D eigenvalue weighted by Crippen LogP contribution is 2.53. The summed E-state index contributed by atoms with van der Waals surface area (Å²) in [6.45, 7) is 6.01. The molecule has 1 atom stereocenters. The van der Waals surface area contributed by atoms with Crippen molar-refractivity contribution < 1.29 is 0 Å².